The molecule has 0 unspecified atom stereocenters. The molecule has 0 saturated carbocycles. The molecule has 3 aromatic heterocycles. The van der Waals surface area contributed by atoms with E-state index in [9.17, 15) is 9.59 Å². The number of piperidine rings is 1. The lowest BCUT2D eigenvalue weighted by atomic mass is 9.96. The van der Waals surface area contributed by atoms with Crippen LogP contribution in [0, 0.1) is 5.92 Å². The van der Waals surface area contributed by atoms with Crippen LogP contribution in [-0.2, 0) is 17.8 Å². The number of pyridine rings is 1. The second-order valence-electron chi connectivity index (χ2n) is 8.54. The van der Waals surface area contributed by atoms with Crippen molar-refractivity contribution < 1.29 is 4.79 Å². The molecule has 4 heterocycles. The molecule has 1 N–H and O–H groups in total. The van der Waals surface area contributed by atoms with Crippen LogP contribution in [0.4, 0.5) is 5.82 Å². The number of anilines is 1. The van der Waals surface area contributed by atoms with Crippen LogP contribution >= 0.6 is 11.3 Å². The SMILES string of the molecule is O=C(NCCc1cccs1)C1CCN(c2nc3cccnc3n(Cc3ccccc3)c2=O)CC1. The van der Waals surface area contributed by atoms with Gasteiger partial charge in [-0.1, -0.05) is 36.4 Å². The molecule has 0 aliphatic carbocycles. The molecule has 5 rings (SSSR count). The quantitative estimate of drug-likeness (QED) is 0.445. The average Bonchev–Trinajstić information content (AvgIpc) is 3.40. The molecule has 1 amide bonds. The van der Waals surface area contributed by atoms with Crippen LogP contribution < -0.4 is 15.8 Å². The minimum atomic E-state index is -0.145. The zero-order valence-electron chi connectivity index (χ0n) is 18.9. The van der Waals surface area contributed by atoms with Crippen LogP contribution in [0.15, 0.2) is 71.0 Å². The fraction of sp³-hybridized carbons (Fsp3) is 0.308. The smallest absolute Gasteiger partial charge is 0.295 e. The number of hydrogen-bond donors (Lipinski definition) is 1. The molecule has 1 aliphatic heterocycles. The van der Waals surface area contributed by atoms with Gasteiger partial charge >= 0.3 is 0 Å². The Bertz CT molecular complexity index is 1310. The lowest BCUT2D eigenvalue weighted by Gasteiger charge is -2.32. The number of carbonyl (C=O) groups excluding carboxylic acids is 1. The van der Waals surface area contributed by atoms with Crippen molar-refractivity contribution in [1.29, 1.82) is 0 Å². The van der Waals surface area contributed by atoms with Gasteiger partial charge in [-0.2, -0.15) is 0 Å². The highest BCUT2D eigenvalue weighted by Gasteiger charge is 2.27. The average molecular weight is 474 g/mol. The monoisotopic (exact) mass is 473 g/mol. The topological polar surface area (TPSA) is 80.1 Å². The highest BCUT2D eigenvalue weighted by Crippen LogP contribution is 2.22. The van der Waals surface area contributed by atoms with Crippen molar-refractivity contribution in [3.8, 4) is 0 Å². The number of carbonyl (C=O) groups is 1. The van der Waals surface area contributed by atoms with Gasteiger partial charge in [0.05, 0.1) is 6.54 Å². The summed E-state index contributed by atoms with van der Waals surface area (Å²) in [5.74, 6) is 0.509. The Morgan fingerprint density at radius 3 is 2.65 bits per heavy atom. The largest absolute Gasteiger partial charge is 0.355 e. The molecule has 1 aromatic carbocycles. The third kappa shape index (κ3) is 4.87. The standard InChI is InChI=1S/C26H27N5O2S/c32-25(28-14-10-21-8-5-17-34-21)20-11-15-30(16-12-20)24-26(33)31(18-19-6-2-1-3-7-19)23-22(29-24)9-4-13-27-23/h1-9,13,17,20H,10-12,14-16,18H2,(H,28,32). The van der Waals surface area contributed by atoms with Gasteiger partial charge in [0.1, 0.15) is 5.52 Å². The Hall–Kier alpha value is -3.52. The van der Waals surface area contributed by atoms with Crippen molar-refractivity contribution in [2.75, 3.05) is 24.5 Å². The van der Waals surface area contributed by atoms with Crippen molar-refractivity contribution in [3.63, 3.8) is 0 Å². The van der Waals surface area contributed by atoms with E-state index in [-0.39, 0.29) is 17.4 Å². The summed E-state index contributed by atoms with van der Waals surface area (Å²) in [7, 11) is 0. The van der Waals surface area contributed by atoms with Crippen LogP contribution in [0.3, 0.4) is 0 Å². The summed E-state index contributed by atoms with van der Waals surface area (Å²) in [4.78, 5) is 38.6. The summed E-state index contributed by atoms with van der Waals surface area (Å²) in [5.41, 5.74) is 2.17. The van der Waals surface area contributed by atoms with E-state index in [4.69, 9.17) is 0 Å². The maximum absolute atomic E-state index is 13.5. The molecule has 7 nitrogen and oxygen atoms in total. The second-order valence-corrected chi connectivity index (χ2v) is 9.57. The van der Waals surface area contributed by atoms with Crippen molar-refractivity contribution in [2.45, 2.75) is 25.8 Å². The number of rotatable bonds is 7. The van der Waals surface area contributed by atoms with Crippen molar-refractivity contribution in [3.05, 3.63) is 87.0 Å². The molecule has 1 aliphatic rings. The number of thiophene rings is 1. The zero-order valence-corrected chi connectivity index (χ0v) is 19.7. The second kappa shape index (κ2) is 10.2. The molecular formula is C26H27N5O2S. The number of nitrogens with one attached hydrogen (secondary N) is 1. The van der Waals surface area contributed by atoms with Crippen LogP contribution in [0.1, 0.15) is 23.3 Å². The van der Waals surface area contributed by atoms with E-state index in [0.29, 0.717) is 56.0 Å². The predicted molar refractivity (Wildman–Crippen MR) is 135 cm³/mol. The van der Waals surface area contributed by atoms with Gasteiger partial charge in [0.15, 0.2) is 11.5 Å². The maximum Gasteiger partial charge on any atom is 0.295 e. The number of nitrogens with zero attached hydrogens (tertiary/aromatic N) is 4. The van der Waals surface area contributed by atoms with Gasteiger partial charge in [-0.05, 0) is 48.4 Å². The van der Waals surface area contributed by atoms with Gasteiger partial charge in [-0.15, -0.1) is 11.3 Å². The van der Waals surface area contributed by atoms with Gasteiger partial charge in [0.2, 0.25) is 5.91 Å². The number of aromatic nitrogens is 3. The summed E-state index contributed by atoms with van der Waals surface area (Å²) in [6.45, 7) is 2.35. The minimum absolute atomic E-state index is 0.0340. The zero-order chi connectivity index (χ0) is 23.3. The summed E-state index contributed by atoms with van der Waals surface area (Å²) in [6, 6.07) is 17.7. The van der Waals surface area contributed by atoms with E-state index in [1.807, 2.05) is 53.4 Å². The molecular weight excluding hydrogens is 446 g/mol. The normalized spacial score (nSPS) is 14.4. The fourth-order valence-corrected chi connectivity index (χ4v) is 5.15. The van der Waals surface area contributed by atoms with Gasteiger partial charge in [-0.25, -0.2) is 9.97 Å². The first-order valence-corrected chi connectivity index (χ1v) is 12.5. The lowest BCUT2D eigenvalue weighted by Crippen LogP contribution is -2.43. The lowest BCUT2D eigenvalue weighted by molar-refractivity contribution is -0.125. The first-order chi connectivity index (χ1) is 16.7. The number of fused-ring (bicyclic) bond motifs is 1. The van der Waals surface area contributed by atoms with Crippen molar-refractivity contribution in [1.82, 2.24) is 19.9 Å². The predicted octanol–water partition coefficient (Wildman–Crippen LogP) is 3.48. The number of amides is 1. The minimum Gasteiger partial charge on any atom is -0.355 e. The molecule has 0 bridgehead atoms. The fourth-order valence-electron chi connectivity index (χ4n) is 4.44. The summed E-state index contributed by atoms with van der Waals surface area (Å²) < 4.78 is 1.70. The first-order valence-electron chi connectivity index (χ1n) is 11.6. The van der Waals surface area contributed by atoms with Gasteiger partial charge in [0.25, 0.3) is 5.56 Å². The third-order valence-corrected chi connectivity index (χ3v) is 7.22. The molecule has 1 saturated heterocycles. The van der Waals surface area contributed by atoms with Crippen molar-refractivity contribution in [2.24, 2.45) is 5.92 Å². The molecule has 8 heteroatoms. The Kier molecular flexibility index (Phi) is 6.67. The molecule has 174 valence electrons. The molecule has 0 radical (unpaired) electrons. The van der Waals surface area contributed by atoms with E-state index >= 15 is 0 Å². The Morgan fingerprint density at radius 2 is 1.88 bits per heavy atom. The van der Waals surface area contributed by atoms with Crippen LogP contribution in [-0.4, -0.2) is 40.1 Å². The Morgan fingerprint density at radius 1 is 1.06 bits per heavy atom. The summed E-state index contributed by atoms with van der Waals surface area (Å²) >= 11 is 1.71. The van der Waals surface area contributed by atoms with Gasteiger partial charge < -0.3 is 10.2 Å². The molecule has 0 atom stereocenters. The summed E-state index contributed by atoms with van der Waals surface area (Å²) in [5, 5.41) is 5.13. The van der Waals surface area contributed by atoms with Gasteiger partial charge in [-0.3, -0.25) is 14.2 Å². The first kappa shape index (κ1) is 22.3. The number of hydrogen-bond acceptors (Lipinski definition) is 6. The van der Waals surface area contributed by atoms with E-state index in [0.717, 1.165) is 12.0 Å². The van der Waals surface area contributed by atoms with E-state index in [2.05, 4.69) is 26.7 Å². The highest BCUT2D eigenvalue weighted by atomic mass is 32.1. The third-order valence-electron chi connectivity index (χ3n) is 6.28. The van der Waals surface area contributed by atoms with Gasteiger partial charge in [0, 0.05) is 36.6 Å². The van der Waals surface area contributed by atoms with Crippen LogP contribution in [0.5, 0.6) is 0 Å². The Labute approximate surface area is 202 Å². The summed E-state index contributed by atoms with van der Waals surface area (Å²) in [6.07, 6.45) is 3.96. The van der Waals surface area contributed by atoms with Crippen molar-refractivity contribution >= 4 is 34.2 Å². The molecule has 1 fully saturated rings. The number of benzene rings is 1. The molecule has 4 aromatic rings. The molecule has 34 heavy (non-hydrogen) atoms. The van der Waals surface area contributed by atoms with E-state index in [1.165, 1.54) is 4.88 Å². The van der Waals surface area contributed by atoms with Crippen LogP contribution in [0.2, 0.25) is 0 Å². The Balaban J connectivity index is 1.29. The van der Waals surface area contributed by atoms with E-state index in [1.54, 1.807) is 22.1 Å². The maximum atomic E-state index is 13.5. The molecule has 0 spiro atoms. The van der Waals surface area contributed by atoms with Crippen LogP contribution in [0.25, 0.3) is 11.2 Å². The highest BCUT2D eigenvalue weighted by molar-refractivity contribution is 7.09. The van der Waals surface area contributed by atoms with E-state index < -0.39 is 0 Å².